The molecule has 33 heavy (non-hydrogen) atoms. The van der Waals surface area contributed by atoms with E-state index in [1.807, 2.05) is 24.3 Å². The molecule has 3 aromatic carbocycles. The molecule has 7 heteroatoms. The second-order valence-corrected chi connectivity index (χ2v) is 8.72. The number of ether oxygens (including phenoxy) is 2. The third kappa shape index (κ3) is 5.49. The number of rotatable bonds is 7. The molecule has 0 aliphatic heterocycles. The Morgan fingerprint density at radius 1 is 1.03 bits per heavy atom. The van der Waals surface area contributed by atoms with E-state index in [0.717, 1.165) is 11.3 Å². The summed E-state index contributed by atoms with van der Waals surface area (Å²) in [7, 11) is 1.56. The van der Waals surface area contributed by atoms with Crippen LogP contribution in [0.1, 0.15) is 47.8 Å². The Morgan fingerprint density at radius 2 is 1.76 bits per heavy atom. The van der Waals surface area contributed by atoms with Crippen molar-refractivity contribution in [1.82, 2.24) is 0 Å². The van der Waals surface area contributed by atoms with Crippen molar-refractivity contribution in [3.8, 4) is 11.5 Å². The topological polar surface area (TPSA) is 90.7 Å². The van der Waals surface area contributed by atoms with Crippen LogP contribution >= 0.6 is 0 Å². The summed E-state index contributed by atoms with van der Waals surface area (Å²) in [5.41, 5.74) is 2.84. The Balaban J connectivity index is 1.84. The summed E-state index contributed by atoms with van der Waals surface area (Å²) in [6, 6.07) is 17.5. The number of para-hydroxylation sites is 1. The van der Waals surface area contributed by atoms with Crippen LogP contribution in [0, 0.1) is 17.0 Å². The lowest BCUT2D eigenvalue weighted by atomic mass is 9.86. The maximum Gasteiger partial charge on any atom is 0.274 e. The van der Waals surface area contributed by atoms with Gasteiger partial charge in [0.2, 0.25) is 0 Å². The highest BCUT2D eigenvalue weighted by atomic mass is 16.6. The first-order valence-electron chi connectivity index (χ1n) is 10.6. The molecule has 0 saturated carbocycles. The highest BCUT2D eigenvalue weighted by Gasteiger charge is 2.20. The van der Waals surface area contributed by atoms with Crippen LogP contribution in [0.3, 0.4) is 0 Å². The average molecular weight is 449 g/mol. The molecule has 0 unspecified atom stereocenters. The van der Waals surface area contributed by atoms with Gasteiger partial charge in [-0.1, -0.05) is 45.0 Å². The van der Waals surface area contributed by atoms with Gasteiger partial charge in [0.25, 0.3) is 11.6 Å². The number of carbonyl (C=O) groups excluding carboxylic acids is 1. The van der Waals surface area contributed by atoms with E-state index in [-0.39, 0.29) is 23.6 Å². The van der Waals surface area contributed by atoms with Crippen LogP contribution in [0.15, 0.2) is 60.7 Å². The first kappa shape index (κ1) is 23.8. The third-order valence-electron chi connectivity index (χ3n) is 5.37. The first-order valence-corrected chi connectivity index (χ1v) is 10.6. The van der Waals surface area contributed by atoms with Crippen LogP contribution in [-0.4, -0.2) is 17.9 Å². The summed E-state index contributed by atoms with van der Waals surface area (Å²) in [5, 5.41) is 13.9. The van der Waals surface area contributed by atoms with E-state index in [0.29, 0.717) is 28.1 Å². The van der Waals surface area contributed by atoms with Crippen molar-refractivity contribution in [3.63, 3.8) is 0 Å². The van der Waals surface area contributed by atoms with Gasteiger partial charge in [-0.15, -0.1) is 0 Å². The molecule has 0 atom stereocenters. The highest BCUT2D eigenvalue weighted by molar-refractivity contribution is 6.05. The van der Waals surface area contributed by atoms with E-state index in [4.69, 9.17) is 9.47 Å². The maximum absolute atomic E-state index is 12.9. The monoisotopic (exact) mass is 448 g/mol. The number of nitro groups is 1. The summed E-state index contributed by atoms with van der Waals surface area (Å²) < 4.78 is 11.6. The van der Waals surface area contributed by atoms with Crippen molar-refractivity contribution >= 4 is 17.3 Å². The fourth-order valence-electron chi connectivity index (χ4n) is 3.55. The lowest BCUT2D eigenvalue weighted by molar-refractivity contribution is -0.385. The van der Waals surface area contributed by atoms with Crippen LogP contribution in [0.4, 0.5) is 11.4 Å². The van der Waals surface area contributed by atoms with Crippen LogP contribution in [0.5, 0.6) is 11.5 Å². The minimum absolute atomic E-state index is 0.0471. The van der Waals surface area contributed by atoms with Crippen molar-refractivity contribution in [1.29, 1.82) is 0 Å². The Hall–Kier alpha value is -3.87. The first-order chi connectivity index (χ1) is 15.6. The molecule has 1 amide bonds. The number of nitrogens with one attached hydrogen (secondary N) is 1. The molecular formula is C26H28N2O5. The molecule has 7 nitrogen and oxygen atoms in total. The second kappa shape index (κ2) is 9.73. The largest absolute Gasteiger partial charge is 0.496 e. The van der Waals surface area contributed by atoms with Crippen LogP contribution in [-0.2, 0) is 12.0 Å². The molecule has 0 saturated heterocycles. The Morgan fingerprint density at radius 3 is 2.42 bits per heavy atom. The van der Waals surface area contributed by atoms with E-state index < -0.39 is 4.92 Å². The lowest BCUT2D eigenvalue weighted by Crippen LogP contribution is -2.15. The minimum Gasteiger partial charge on any atom is -0.496 e. The van der Waals surface area contributed by atoms with Gasteiger partial charge < -0.3 is 14.8 Å². The summed E-state index contributed by atoms with van der Waals surface area (Å²) in [6.45, 7) is 8.19. The number of benzene rings is 3. The van der Waals surface area contributed by atoms with E-state index >= 15 is 0 Å². The van der Waals surface area contributed by atoms with Gasteiger partial charge in [0.1, 0.15) is 18.1 Å². The highest BCUT2D eigenvalue weighted by Crippen LogP contribution is 2.32. The van der Waals surface area contributed by atoms with Gasteiger partial charge in [-0.05, 0) is 48.2 Å². The molecule has 3 rings (SSSR count). The van der Waals surface area contributed by atoms with Crippen molar-refractivity contribution in [2.24, 2.45) is 0 Å². The van der Waals surface area contributed by atoms with Gasteiger partial charge in [-0.2, -0.15) is 0 Å². The maximum atomic E-state index is 12.9. The molecule has 0 radical (unpaired) electrons. The van der Waals surface area contributed by atoms with E-state index in [1.165, 1.54) is 6.07 Å². The molecule has 0 aromatic heterocycles. The van der Waals surface area contributed by atoms with Crippen molar-refractivity contribution in [3.05, 3.63) is 93.0 Å². The molecule has 0 aliphatic carbocycles. The predicted molar refractivity (Wildman–Crippen MR) is 128 cm³/mol. The molecule has 0 fully saturated rings. The summed E-state index contributed by atoms with van der Waals surface area (Å²) in [4.78, 5) is 23.6. The molecular weight excluding hydrogens is 420 g/mol. The Labute approximate surface area is 193 Å². The summed E-state index contributed by atoms with van der Waals surface area (Å²) >= 11 is 0. The number of amides is 1. The van der Waals surface area contributed by atoms with Crippen LogP contribution in [0.25, 0.3) is 0 Å². The molecule has 172 valence electrons. The number of hydrogen-bond donors (Lipinski definition) is 1. The zero-order chi connectivity index (χ0) is 24.2. The fourth-order valence-corrected chi connectivity index (χ4v) is 3.55. The standard InChI is InChI=1S/C26H28N2O5/c1-17-21(10-8-11-22(17)28(30)31)27-25(29)18-13-14-23(32-5)19(15-18)16-33-24-12-7-6-9-20(24)26(2,3)4/h6-15H,16H2,1-5H3,(H,27,29). The second-order valence-electron chi connectivity index (χ2n) is 8.72. The van der Waals surface area contributed by atoms with Crippen molar-refractivity contribution in [2.45, 2.75) is 39.7 Å². The molecule has 3 aromatic rings. The Kier molecular flexibility index (Phi) is 7.01. The average Bonchev–Trinajstić information content (AvgIpc) is 2.78. The SMILES string of the molecule is COc1ccc(C(=O)Nc2cccc([N+](=O)[O-])c2C)cc1COc1ccccc1C(C)(C)C. The fraction of sp³-hybridized carbons (Fsp3) is 0.269. The molecule has 0 heterocycles. The lowest BCUT2D eigenvalue weighted by Gasteiger charge is -2.23. The number of methoxy groups -OCH3 is 1. The van der Waals surface area contributed by atoms with Gasteiger partial charge in [-0.25, -0.2) is 0 Å². The zero-order valence-corrected chi connectivity index (χ0v) is 19.5. The quantitative estimate of drug-likeness (QED) is 0.351. The smallest absolute Gasteiger partial charge is 0.274 e. The van der Waals surface area contributed by atoms with Crippen LogP contribution < -0.4 is 14.8 Å². The van der Waals surface area contributed by atoms with Crippen molar-refractivity contribution < 1.29 is 19.2 Å². The number of hydrogen-bond acceptors (Lipinski definition) is 5. The minimum atomic E-state index is -0.469. The summed E-state index contributed by atoms with van der Waals surface area (Å²) in [5.74, 6) is 0.998. The van der Waals surface area contributed by atoms with Gasteiger partial charge in [0, 0.05) is 17.2 Å². The third-order valence-corrected chi connectivity index (χ3v) is 5.37. The van der Waals surface area contributed by atoms with E-state index in [2.05, 4.69) is 26.1 Å². The van der Waals surface area contributed by atoms with E-state index in [1.54, 1.807) is 44.4 Å². The summed E-state index contributed by atoms with van der Waals surface area (Å²) in [6.07, 6.45) is 0. The number of anilines is 1. The molecule has 0 bridgehead atoms. The number of nitro benzene ring substituents is 1. The van der Waals surface area contributed by atoms with Crippen molar-refractivity contribution in [2.75, 3.05) is 12.4 Å². The van der Waals surface area contributed by atoms with Gasteiger partial charge >= 0.3 is 0 Å². The number of carbonyl (C=O) groups is 1. The van der Waals surface area contributed by atoms with Gasteiger partial charge in [0.15, 0.2) is 0 Å². The zero-order valence-electron chi connectivity index (χ0n) is 19.5. The molecule has 1 N–H and O–H groups in total. The van der Waals surface area contributed by atoms with Gasteiger partial charge in [-0.3, -0.25) is 14.9 Å². The molecule has 0 spiro atoms. The van der Waals surface area contributed by atoms with E-state index in [9.17, 15) is 14.9 Å². The Bertz CT molecular complexity index is 1180. The molecule has 0 aliphatic rings. The van der Waals surface area contributed by atoms with Crippen LogP contribution in [0.2, 0.25) is 0 Å². The normalized spacial score (nSPS) is 11.1. The predicted octanol–water partition coefficient (Wildman–Crippen LogP) is 6.04. The number of nitrogens with zero attached hydrogens (tertiary/aromatic N) is 1. The van der Waals surface area contributed by atoms with Gasteiger partial charge in [0.05, 0.1) is 23.3 Å².